The molecule has 0 spiro atoms. The smallest absolute Gasteiger partial charge is 0.261 e. The molecule has 0 aliphatic carbocycles. The van der Waals surface area contributed by atoms with E-state index in [9.17, 15) is 4.79 Å². The Kier molecular flexibility index (Phi) is 4.66. The fraction of sp³-hybridized carbons (Fsp3) is 0.200. The van der Waals surface area contributed by atoms with Crippen LogP contribution < -0.4 is 10.2 Å². The molecule has 1 aliphatic rings. The van der Waals surface area contributed by atoms with Crippen LogP contribution in [0.5, 0.6) is 0 Å². The summed E-state index contributed by atoms with van der Waals surface area (Å²) in [4.78, 5) is 23.7. The van der Waals surface area contributed by atoms with Gasteiger partial charge in [0.15, 0.2) is 16.6 Å². The fourth-order valence-electron chi connectivity index (χ4n) is 3.32. The van der Waals surface area contributed by atoms with Gasteiger partial charge in [0.2, 0.25) is 0 Å². The van der Waals surface area contributed by atoms with Crippen molar-refractivity contribution in [1.29, 1.82) is 0 Å². The quantitative estimate of drug-likeness (QED) is 0.561. The van der Waals surface area contributed by atoms with Gasteiger partial charge in [-0.05, 0) is 24.3 Å². The lowest BCUT2D eigenvalue weighted by Gasteiger charge is -2.29. The average Bonchev–Trinajstić information content (AvgIpc) is 3.44. The van der Waals surface area contributed by atoms with Crippen LogP contribution in [0.3, 0.4) is 0 Å². The molecule has 1 fully saturated rings. The van der Waals surface area contributed by atoms with Crippen molar-refractivity contribution in [3.8, 4) is 11.4 Å². The lowest BCUT2D eigenvalue weighted by molar-refractivity contribution is 0.102. The van der Waals surface area contributed by atoms with E-state index < -0.39 is 0 Å². The van der Waals surface area contributed by atoms with Gasteiger partial charge in [-0.15, -0.1) is 16.4 Å². The number of nitrogens with one attached hydrogen (secondary N) is 1. The molecule has 146 valence electrons. The number of rotatable bonds is 4. The predicted octanol–water partition coefficient (Wildman–Crippen LogP) is 2.94. The molecule has 0 bridgehead atoms. The summed E-state index contributed by atoms with van der Waals surface area (Å²) in [6, 6.07) is 11.7. The number of carbonyl (C=O) groups is 1. The van der Waals surface area contributed by atoms with Crippen molar-refractivity contribution in [3.63, 3.8) is 0 Å². The molecular formula is C20H18N6O2S. The lowest BCUT2D eigenvalue weighted by Crippen LogP contribution is -2.36. The van der Waals surface area contributed by atoms with E-state index in [2.05, 4.69) is 37.4 Å². The molecule has 9 heteroatoms. The summed E-state index contributed by atoms with van der Waals surface area (Å²) in [5, 5.41) is 9.74. The second-order valence-electron chi connectivity index (χ2n) is 6.57. The summed E-state index contributed by atoms with van der Waals surface area (Å²) in [5.41, 5.74) is 2.98. The van der Waals surface area contributed by atoms with Crippen LogP contribution in [-0.2, 0) is 4.74 Å². The van der Waals surface area contributed by atoms with E-state index in [-0.39, 0.29) is 5.91 Å². The highest BCUT2D eigenvalue weighted by Crippen LogP contribution is 2.24. The summed E-state index contributed by atoms with van der Waals surface area (Å²) < 4.78 is 7.07. The normalized spacial score (nSPS) is 14.3. The third-order valence-electron chi connectivity index (χ3n) is 4.74. The Labute approximate surface area is 170 Å². The van der Waals surface area contributed by atoms with Crippen molar-refractivity contribution in [3.05, 3.63) is 59.7 Å². The molecule has 4 heterocycles. The van der Waals surface area contributed by atoms with Crippen LogP contribution in [0.4, 0.5) is 10.8 Å². The molecule has 0 radical (unpaired) electrons. The summed E-state index contributed by atoms with van der Waals surface area (Å²) >= 11 is 1.37. The maximum atomic E-state index is 12.7. The van der Waals surface area contributed by atoms with E-state index in [4.69, 9.17) is 4.74 Å². The maximum absolute atomic E-state index is 12.7. The number of benzene rings is 1. The first-order valence-electron chi connectivity index (χ1n) is 9.27. The predicted molar refractivity (Wildman–Crippen MR) is 112 cm³/mol. The molecule has 1 saturated heterocycles. The van der Waals surface area contributed by atoms with Crippen LogP contribution in [0, 0.1) is 0 Å². The van der Waals surface area contributed by atoms with Gasteiger partial charge in [-0.3, -0.25) is 10.1 Å². The second-order valence-corrected chi connectivity index (χ2v) is 7.46. The first-order chi connectivity index (χ1) is 14.3. The van der Waals surface area contributed by atoms with E-state index in [0.29, 0.717) is 22.2 Å². The van der Waals surface area contributed by atoms with E-state index in [1.807, 2.05) is 17.5 Å². The van der Waals surface area contributed by atoms with Gasteiger partial charge >= 0.3 is 0 Å². The largest absolute Gasteiger partial charge is 0.378 e. The number of anilines is 2. The minimum atomic E-state index is -0.258. The van der Waals surface area contributed by atoms with Crippen molar-refractivity contribution in [2.75, 3.05) is 36.5 Å². The van der Waals surface area contributed by atoms with Gasteiger partial charge in [-0.2, -0.15) is 0 Å². The molecule has 0 atom stereocenters. The number of hydrogen-bond acceptors (Lipinski definition) is 7. The number of aromatic nitrogens is 4. The van der Waals surface area contributed by atoms with Crippen LogP contribution in [0.15, 0.2) is 54.2 Å². The van der Waals surface area contributed by atoms with Crippen LogP contribution in [0.25, 0.3) is 17.0 Å². The van der Waals surface area contributed by atoms with Gasteiger partial charge < -0.3 is 9.64 Å². The minimum Gasteiger partial charge on any atom is -0.378 e. The van der Waals surface area contributed by atoms with E-state index in [1.54, 1.807) is 29.0 Å². The third kappa shape index (κ3) is 3.57. The highest BCUT2D eigenvalue weighted by molar-refractivity contribution is 7.13. The van der Waals surface area contributed by atoms with Crippen LogP contribution in [0.1, 0.15) is 10.4 Å². The molecule has 4 aromatic rings. The monoisotopic (exact) mass is 406 g/mol. The van der Waals surface area contributed by atoms with Crippen molar-refractivity contribution in [1.82, 2.24) is 19.6 Å². The Morgan fingerprint density at radius 1 is 1.17 bits per heavy atom. The van der Waals surface area contributed by atoms with Crippen molar-refractivity contribution in [2.24, 2.45) is 0 Å². The Bertz CT molecular complexity index is 1150. The van der Waals surface area contributed by atoms with Crippen LogP contribution >= 0.6 is 11.3 Å². The number of pyridine rings is 1. The molecule has 1 aromatic carbocycles. The molecule has 3 aromatic heterocycles. The molecule has 0 saturated carbocycles. The van der Waals surface area contributed by atoms with Crippen LogP contribution in [-0.4, -0.2) is 51.8 Å². The second kappa shape index (κ2) is 7.61. The fourth-order valence-corrected chi connectivity index (χ4v) is 3.84. The van der Waals surface area contributed by atoms with Crippen molar-refractivity contribution < 1.29 is 9.53 Å². The molecule has 5 rings (SSSR count). The number of carbonyl (C=O) groups excluding carboxylic acids is 1. The number of ether oxygens (including phenoxy) is 1. The van der Waals surface area contributed by atoms with Crippen LogP contribution in [0.2, 0.25) is 0 Å². The Balaban J connectivity index is 1.48. The summed E-state index contributed by atoms with van der Waals surface area (Å²) in [6.45, 7) is 3.19. The number of thiazole rings is 1. The van der Waals surface area contributed by atoms with Gasteiger partial charge in [-0.25, -0.2) is 14.5 Å². The molecule has 1 amide bonds. The van der Waals surface area contributed by atoms with E-state index in [0.717, 1.165) is 37.6 Å². The zero-order chi connectivity index (χ0) is 19.6. The molecule has 29 heavy (non-hydrogen) atoms. The number of fused-ring (bicyclic) bond motifs is 1. The third-order valence-corrected chi connectivity index (χ3v) is 5.43. The number of hydrogen-bond donors (Lipinski definition) is 1. The Morgan fingerprint density at radius 3 is 2.90 bits per heavy atom. The van der Waals surface area contributed by atoms with Gasteiger partial charge in [-0.1, -0.05) is 12.1 Å². The molecular weight excluding hydrogens is 388 g/mol. The Hall–Kier alpha value is -3.30. The van der Waals surface area contributed by atoms with Gasteiger partial charge in [0.1, 0.15) is 0 Å². The highest BCUT2D eigenvalue weighted by atomic mass is 32.1. The van der Waals surface area contributed by atoms with E-state index in [1.165, 1.54) is 11.3 Å². The Morgan fingerprint density at radius 2 is 2.07 bits per heavy atom. The zero-order valence-corrected chi connectivity index (χ0v) is 16.3. The average molecular weight is 406 g/mol. The maximum Gasteiger partial charge on any atom is 0.261 e. The first-order valence-corrected chi connectivity index (χ1v) is 10.2. The van der Waals surface area contributed by atoms with Crippen molar-refractivity contribution in [2.45, 2.75) is 0 Å². The van der Waals surface area contributed by atoms with Gasteiger partial charge in [0.05, 0.1) is 18.8 Å². The topological polar surface area (TPSA) is 84.7 Å². The zero-order valence-electron chi connectivity index (χ0n) is 15.5. The van der Waals surface area contributed by atoms with Crippen molar-refractivity contribution >= 4 is 33.7 Å². The molecule has 8 nitrogen and oxygen atoms in total. The summed E-state index contributed by atoms with van der Waals surface area (Å²) in [7, 11) is 0. The number of amides is 1. The summed E-state index contributed by atoms with van der Waals surface area (Å²) in [5.74, 6) is 0.321. The SMILES string of the molecule is O=C(Nc1nccs1)c1cccn2nc(-c3cccc(N4CCOCC4)c3)nc12. The molecule has 1 N–H and O–H groups in total. The number of morpholine rings is 1. The standard InChI is InChI=1S/C20H18N6O2S/c27-19(23-20-21-6-12-29-20)16-5-2-7-26-18(16)22-17(24-26)14-3-1-4-15(13-14)25-8-10-28-11-9-25/h1-7,12-13H,8-11H2,(H,21,23,27). The number of nitrogens with zero attached hydrogens (tertiary/aromatic N) is 5. The highest BCUT2D eigenvalue weighted by Gasteiger charge is 2.17. The molecule has 1 aliphatic heterocycles. The minimum absolute atomic E-state index is 0.258. The first kappa shape index (κ1) is 17.8. The van der Waals surface area contributed by atoms with E-state index >= 15 is 0 Å². The van der Waals surface area contributed by atoms with Gasteiger partial charge in [0, 0.05) is 42.1 Å². The summed E-state index contributed by atoms with van der Waals surface area (Å²) in [6.07, 6.45) is 3.44. The lowest BCUT2D eigenvalue weighted by atomic mass is 10.1. The molecule has 0 unspecified atom stereocenters. The van der Waals surface area contributed by atoms with Gasteiger partial charge in [0.25, 0.3) is 5.91 Å².